The van der Waals surface area contributed by atoms with Gasteiger partial charge >= 0.3 is 5.97 Å². The van der Waals surface area contributed by atoms with Crippen molar-refractivity contribution >= 4 is 17.6 Å². The zero-order chi connectivity index (χ0) is 18.2. The standard InChI is InChI=1S/C17H22N4O4/c1-18-16(12-10-19-21(2)11-12)17(23)20-13-4-6-14(7-5-13)25-9-8-15(22)24-3/h4-7,10-11,16,18H,8-9H2,1-3H3,(H,20,23). The average Bonchev–Trinajstić information content (AvgIpc) is 3.03. The van der Waals surface area contributed by atoms with Gasteiger partial charge in [-0.25, -0.2) is 0 Å². The molecule has 1 aromatic heterocycles. The second kappa shape index (κ2) is 8.84. The molecule has 25 heavy (non-hydrogen) atoms. The minimum atomic E-state index is -0.496. The molecule has 0 radical (unpaired) electrons. The second-order valence-corrected chi connectivity index (χ2v) is 5.36. The number of hydrogen-bond acceptors (Lipinski definition) is 6. The molecule has 1 amide bonds. The molecule has 1 aromatic carbocycles. The van der Waals surface area contributed by atoms with Gasteiger partial charge in [-0.15, -0.1) is 0 Å². The van der Waals surface area contributed by atoms with Gasteiger partial charge in [0.25, 0.3) is 0 Å². The van der Waals surface area contributed by atoms with Crippen LogP contribution >= 0.6 is 0 Å². The van der Waals surface area contributed by atoms with Gasteiger partial charge in [0.1, 0.15) is 11.8 Å². The molecule has 0 aliphatic heterocycles. The Bertz CT molecular complexity index is 712. The van der Waals surface area contributed by atoms with E-state index in [1.807, 2.05) is 0 Å². The van der Waals surface area contributed by atoms with Crippen LogP contribution in [0.3, 0.4) is 0 Å². The zero-order valence-electron chi connectivity index (χ0n) is 14.5. The Balaban J connectivity index is 1.91. The lowest BCUT2D eigenvalue weighted by Gasteiger charge is -2.15. The molecule has 0 aliphatic rings. The second-order valence-electron chi connectivity index (χ2n) is 5.36. The fourth-order valence-corrected chi connectivity index (χ4v) is 2.24. The van der Waals surface area contributed by atoms with Crippen LogP contribution in [0.25, 0.3) is 0 Å². The first-order valence-corrected chi connectivity index (χ1v) is 7.80. The highest BCUT2D eigenvalue weighted by molar-refractivity contribution is 5.95. The van der Waals surface area contributed by atoms with E-state index < -0.39 is 6.04 Å². The number of esters is 1. The number of aromatic nitrogens is 2. The molecule has 2 N–H and O–H groups in total. The number of nitrogens with zero attached hydrogens (tertiary/aromatic N) is 2. The van der Waals surface area contributed by atoms with Crippen LogP contribution in [0, 0.1) is 0 Å². The molecular weight excluding hydrogens is 324 g/mol. The zero-order valence-corrected chi connectivity index (χ0v) is 14.5. The maximum atomic E-state index is 12.4. The Morgan fingerprint density at radius 2 is 2.00 bits per heavy atom. The van der Waals surface area contributed by atoms with Crippen molar-refractivity contribution in [2.45, 2.75) is 12.5 Å². The number of carbonyl (C=O) groups excluding carboxylic acids is 2. The van der Waals surface area contributed by atoms with E-state index in [9.17, 15) is 9.59 Å². The molecule has 0 bridgehead atoms. The highest BCUT2D eigenvalue weighted by atomic mass is 16.5. The summed E-state index contributed by atoms with van der Waals surface area (Å²) < 4.78 is 11.6. The van der Waals surface area contributed by atoms with E-state index in [1.165, 1.54) is 7.11 Å². The number of methoxy groups -OCH3 is 1. The van der Waals surface area contributed by atoms with E-state index in [0.29, 0.717) is 11.4 Å². The van der Waals surface area contributed by atoms with E-state index in [4.69, 9.17) is 4.74 Å². The molecule has 0 aliphatic carbocycles. The molecule has 2 rings (SSSR count). The SMILES string of the molecule is CNC(C(=O)Nc1ccc(OCCC(=O)OC)cc1)c1cnn(C)c1. The molecule has 1 atom stereocenters. The monoisotopic (exact) mass is 346 g/mol. The summed E-state index contributed by atoms with van der Waals surface area (Å²) in [5.74, 6) is 0.103. The summed E-state index contributed by atoms with van der Waals surface area (Å²) in [5.41, 5.74) is 1.43. The molecule has 134 valence electrons. The number of benzene rings is 1. The van der Waals surface area contributed by atoms with Crippen molar-refractivity contribution in [3.05, 3.63) is 42.2 Å². The number of likely N-dealkylation sites (N-methyl/N-ethyl adjacent to an activating group) is 1. The van der Waals surface area contributed by atoms with Crippen molar-refractivity contribution in [3.8, 4) is 5.75 Å². The Hall–Kier alpha value is -2.87. The lowest BCUT2D eigenvalue weighted by atomic mass is 10.1. The summed E-state index contributed by atoms with van der Waals surface area (Å²) in [5, 5.41) is 9.90. The first-order valence-electron chi connectivity index (χ1n) is 7.80. The number of ether oxygens (including phenoxy) is 2. The molecule has 0 saturated carbocycles. The van der Waals surface area contributed by atoms with E-state index in [-0.39, 0.29) is 24.9 Å². The Kier molecular flexibility index (Phi) is 6.53. The molecule has 8 heteroatoms. The van der Waals surface area contributed by atoms with Crippen LogP contribution in [0.5, 0.6) is 5.75 Å². The maximum absolute atomic E-state index is 12.4. The number of hydrogen-bond donors (Lipinski definition) is 2. The summed E-state index contributed by atoms with van der Waals surface area (Å²) in [6.07, 6.45) is 3.63. The van der Waals surface area contributed by atoms with Gasteiger partial charge in [0.05, 0.1) is 26.3 Å². The third-order valence-corrected chi connectivity index (χ3v) is 3.53. The summed E-state index contributed by atoms with van der Waals surface area (Å²) in [6.45, 7) is 0.237. The topological polar surface area (TPSA) is 94.5 Å². The van der Waals surface area contributed by atoms with E-state index >= 15 is 0 Å². The summed E-state index contributed by atoms with van der Waals surface area (Å²) in [4.78, 5) is 23.5. The molecule has 1 heterocycles. The highest BCUT2D eigenvalue weighted by Gasteiger charge is 2.20. The minimum absolute atomic E-state index is 0.184. The van der Waals surface area contributed by atoms with E-state index in [2.05, 4.69) is 20.5 Å². The van der Waals surface area contributed by atoms with Gasteiger partial charge in [0, 0.05) is 24.5 Å². The predicted octanol–water partition coefficient (Wildman–Crippen LogP) is 1.26. The Labute approximate surface area is 146 Å². The maximum Gasteiger partial charge on any atom is 0.308 e. The number of nitrogens with one attached hydrogen (secondary N) is 2. The van der Waals surface area contributed by atoms with Crippen molar-refractivity contribution in [2.24, 2.45) is 7.05 Å². The fraction of sp³-hybridized carbons (Fsp3) is 0.353. The van der Waals surface area contributed by atoms with Crippen molar-refractivity contribution in [1.82, 2.24) is 15.1 Å². The van der Waals surface area contributed by atoms with Crippen molar-refractivity contribution in [3.63, 3.8) is 0 Å². The molecule has 0 saturated heterocycles. The quantitative estimate of drug-likeness (QED) is 0.699. The molecule has 0 spiro atoms. The number of amides is 1. The highest BCUT2D eigenvalue weighted by Crippen LogP contribution is 2.18. The van der Waals surface area contributed by atoms with Gasteiger partial charge in [0.2, 0.25) is 5.91 Å². The molecule has 1 unspecified atom stereocenters. The van der Waals surface area contributed by atoms with Gasteiger partial charge in [-0.3, -0.25) is 14.3 Å². The summed E-state index contributed by atoms with van der Waals surface area (Å²) in [6, 6.07) is 6.43. The van der Waals surface area contributed by atoms with Crippen LogP contribution in [0.2, 0.25) is 0 Å². The van der Waals surface area contributed by atoms with Crippen molar-refractivity contribution in [1.29, 1.82) is 0 Å². The smallest absolute Gasteiger partial charge is 0.308 e. The van der Waals surface area contributed by atoms with Crippen LogP contribution < -0.4 is 15.4 Å². The predicted molar refractivity (Wildman–Crippen MR) is 92.2 cm³/mol. The van der Waals surface area contributed by atoms with Gasteiger partial charge in [-0.1, -0.05) is 0 Å². The lowest BCUT2D eigenvalue weighted by molar-refractivity contribution is -0.141. The van der Waals surface area contributed by atoms with Gasteiger partial charge in [-0.2, -0.15) is 5.10 Å². The average molecular weight is 346 g/mol. The molecule has 0 fully saturated rings. The van der Waals surface area contributed by atoms with Crippen LogP contribution in [0.4, 0.5) is 5.69 Å². The van der Waals surface area contributed by atoms with Crippen molar-refractivity contribution in [2.75, 3.05) is 26.1 Å². The molecule has 2 aromatic rings. The largest absolute Gasteiger partial charge is 0.493 e. The normalized spacial score (nSPS) is 11.6. The first-order chi connectivity index (χ1) is 12.0. The molecule has 8 nitrogen and oxygen atoms in total. The third-order valence-electron chi connectivity index (χ3n) is 3.53. The van der Waals surface area contributed by atoms with Gasteiger partial charge in [-0.05, 0) is 31.3 Å². The number of carbonyl (C=O) groups is 2. The fourth-order valence-electron chi connectivity index (χ4n) is 2.24. The molecular formula is C17H22N4O4. The minimum Gasteiger partial charge on any atom is -0.493 e. The number of aryl methyl sites for hydroxylation is 1. The Morgan fingerprint density at radius 1 is 1.28 bits per heavy atom. The summed E-state index contributed by atoms with van der Waals surface area (Å²) >= 11 is 0. The number of rotatable bonds is 8. The van der Waals surface area contributed by atoms with Crippen LogP contribution in [-0.4, -0.2) is 42.4 Å². The first kappa shape index (κ1) is 18.5. The van der Waals surface area contributed by atoms with E-state index in [1.54, 1.807) is 55.4 Å². The number of anilines is 1. The van der Waals surface area contributed by atoms with Crippen LogP contribution in [-0.2, 0) is 21.4 Å². The van der Waals surface area contributed by atoms with Crippen LogP contribution in [0.1, 0.15) is 18.0 Å². The summed E-state index contributed by atoms with van der Waals surface area (Å²) in [7, 11) is 4.85. The van der Waals surface area contributed by atoms with Crippen LogP contribution in [0.15, 0.2) is 36.7 Å². The third kappa shape index (κ3) is 5.32. The van der Waals surface area contributed by atoms with Crippen molar-refractivity contribution < 1.29 is 19.1 Å². The van der Waals surface area contributed by atoms with E-state index in [0.717, 1.165) is 5.56 Å². The van der Waals surface area contributed by atoms with Gasteiger partial charge < -0.3 is 20.1 Å². The Morgan fingerprint density at radius 3 is 2.56 bits per heavy atom. The lowest BCUT2D eigenvalue weighted by Crippen LogP contribution is -2.30. The van der Waals surface area contributed by atoms with Gasteiger partial charge in [0.15, 0.2) is 0 Å².